The van der Waals surface area contributed by atoms with Crippen molar-refractivity contribution in [1.82, 2.24) is 14.9 Å². The van der Waals surface area contributed by atoms with Gasteiger partial charge in [-0.2, -0.15) is 0 Å². The summed E-state index contributed by atoms with van der Waals surface area (Å²) in [7, 11) is 0. The average Bonchev–Trinajstić information content (AvgIpc) is 3.42. The molecular formula is C21H21N5O2S. The topological polar surface area (TPSA) is 69.6 Å². The van der Waals surface area contributed by atoms with Crippen molar-refractivity contribution in [1.29, 1.82) is 0 Å². The molecule has 7 nitrogen and oxygen atoms in total. The van der Waals surface area contributed by atoms with Gasteiger partial charge < -0.3 is 14.7 Å². The van der Waals surface area contributed by atoms with E-state index < -0.39 is 0 Å². The third kappa shape index (κ3) is 3.23. The molecular weight excluding hydrogens is 386 g/mol. The molecule has 1 aromatic carbocycles. The first kappa shape index (κ1) is 18.1. The Kier molecular flexibility index (Phi) is 4.63. The van der Waals surface area contributed by atoms with E-state index in [1.165, 1.54) is 0 Å². The summed E-state index contributed by atoms with van der Waals surface area (Å²) in [4.78, 5) is 41.1. The zero-order valence-corrected chi connectivity index (χ0v) is 16.8. The van der Waals surface area contributed by atoms with Gasteiger partial charge in [-0.05, 0) is 30.0 Å². The first-order chi connectivity index (χ1) is 14.2. The average molecular weight is 407 g/mol. The highest BCUT2D eigenvalue weighted by Gasteiger charge is 2.29. The number of para-hydroxylation sites is 1. The predicted molar refractivity (Wildman–Crippen MR) is 114 cm³/mol. The maximum Gasteiger partial charge on any atom is 0.256 e. The number of aromatic nitrogens is 2. The highest BCUT2D eigenvalue weighted by atomic mass is 32.1. The second-order valence-corrected chi connectivity index (χ2v) is 8.18. The van der Waals surface area contributed by atoms with Crippen LogP contribution in [0.1, 0.15) is 23.2 Å². The first-order valence-corrected chi connectivity index (χ1v) is 10.7. The Balaban J connectivity index is 1.33. The number of rotatable bonds is 3. The third-order valence-electron chi connectivity index (χ3n) is 5.61. The third-order valence-corrected chi connectivity index (χ3v) is 6.43. The molecule has 0 bridgehead atoms. The Bertz CT molecular complexity index is 1070. The predicted octanol–water partition coefficient (Wildman–Crippen LogP) is 2.78. The lowest BCUT2D eigenvalue weighted by atomic mass is 10.1. The summed E-state index contributed by atoms with van der Waals surface area (Å²) in [6, 6.07) is 9.50. The summed E-state index contributed by atoms with van der Waals surface area (Å²) in [5.74, 6) is 1.02. The van der Waals surface area contributed by atoms with Crippen molar-refractivity contribution >= 4 is 44.9 Å². The summed E-state index contributed by atoms with van der Waals surface area (Å²) in [6.07, 6.45) is 3.00. The summed E-state index contributed by atoms with van der Waals surface area (Å²) < 4.78 is 0. The minimum absolute atomic E-state index is 0.0108. The Labute approximate surface area is 172 Å². The quantitative estimate of drug-likeness (QED) is 0.668. The van der Waals surface area contributed by atoms with E-state index in [4.69, 9.17) is 0 Å². The van der Waals surface area contributed by atoms with E-state index in [0.717, 1.165) is 41.2 Å². The van der Waals surface area contributed by atoms with Crippen LogP contribution in [0.2, 0.25) is 0 Å². The van der Waals surface area contributed by atoms with E-state index in [9.17, 15) is 9.59 Å². The van der Waals surface area contributed by atoms with Gasteiger partial charge in [-0.3, -0.25) is 9.59 Å². The first-order valence-electron chi connectivity index (χ1n) is 9.84. The summed E-state index contributed by atoms with van der Waals surface area (Å²) in [5, 5.41) is 3.09. The van der Waals surface area contributed by atoms with Gasteiger partial charge in [0.05, 0.1) is 16.6 Å². The number of benzene rings is 1. The van der Waals surface area contributed by atoms with E-state index in [1.54, 1.807) is 22.6 Å². The van der Waals surface area contributed by atoms with Crippen LogP contribution in [-0.2, 0) is 4.79 Å². The van der Waals surface area contributed by atoms with Crippen molar-refractivity contribution in [2.45, 2.75) is 12.8 Å². The largest absolute Gasteiger partial charge is 0.352 e. The molecule has 8 heteroatoms. The normalized spacial score (nSPS) is 17.4. The summed E-state index contributed by atoms with van der Waals surface area (Å²) in [5.41, 5.74) is 1.34. The van der Waals surface area contributed by atoms with Gasteiger partial charge in [0.1, 0.15) is 17.0 Å². The van der Waals surface area contributed by atoms with Crippen LogP contribution >= 0.6 is 11.3 Å². The van der Waals surface area contributed by atoms with Crippen LogP contribution in [0.4, 0.5) is 11.5 Å². The number of nitrogens with zero attached hydrogens (tertiary/aromatic N) is 5. The fourth-order valence-electron chi connectivity index (χ4n) is 4.11. The Morgan fingerprint density at radius 3 is 2.62 bits per heavy atom. The molecule has 2 aliphatic heterocycles. The van der Waals surface area contributed by atoms with Gasteiger partial charge in [0.2, 0.25) is 5.91 Å². The standard InChI is InChI=1S/C21H21N5O2S/c27-18-6-3-8-26(18)17-5-2-1-4-15(17)21(28)25-11-9-24(10-12-25)19-16-7-13-29-20(16)23-14-22-19/h1-2,4-5,7,13-14H,3,6,8-12H2. The monoisotopic (exact) mass is 407 g/mol. The molecule has 2 aromatic heterocycles. The van der Waals surface area contributed by atoms with Crippen LogP contribution in [0.3, 0.4) is 0 Å². The lowest BCUT2D eigenvalue weighted by Gasteiger charge is -2.36. The molecule has 2 aliphatic rings. The molecule has 2 fully saturated rings. The number of carbonyl (C=O) groups excluding carboxylic acids is 2. The molecule has 0 unspecified atom stereocenters. The molecule has 0 atom stereocenters. The van der Waals surface area contributed by atoms with Gasteiger partial charge in [-0.1, -0.05) is 12.1 Å². The molecule has 4 heterocycles. The molecule has 0 radical (unpaired) electrons. The molecule has 148 valence electrons. The number of fused-ring (bicyclic) bond motifs is 1. The smallest absolute Gasteiger partial charge is 0.256 e. The number of carbonyl (C=O) groups is 2. The van der Waals surface area contributed by atoms with Crippen molar-refractivity contribution in [3.05, 3.63) is 47.6 Å². The van der Waals surface area contributed by atoms with Crippen LogP contribution in [0.15, 0.2) is 42.0 Å². The minimum atomic E-state index is -0.0108. The number of piperazine rings is 1. The van der Waals surface area contributed by atoms with Crippen LogP contribution in [-0.4, -0.2) is 59.4 Å². The number of hydrogen-bond acceptors (Lipinski definition) is 6. The second kappa shape index (κ2) is 7.44. The fourth-order valence-corrected chi connectivity index (χ4v) is 4.84. The van der Waals surface area contributed by atoms with Crippen LogP contribution < -0.4 is 9.80 Å². The highest BCUT2D eigenvalue weighted by molar-refractivity contribution is 7.16. The number of thiophene rings is 1. The van der Waals surface area contributed by atoms with Gasteiger partial charge >= 0.3 is 0 Å². The van der Waals surface area contributed by atoms with Gasteiger partial charge in [0.25, 0.3) is 5.91 Å². The maximum atomic E-state index is 13.2. The summed E-state index contributed by atoms with van der Waals surface area (Å²) >= 11 is 1.61. The number of amides is 2. The van der Waals surface area contributed by atoms with Crippen molar-refractivity contribution in [2.75, 3.05) is 42.5 Å². The Hall–Kier alpha value is -3.00. The number of anilines is 2. The zero-order valence-electron chi connectivity index (χ0n) is 16.0. The molecule has 2 saturated heterocycles. The Morgan fingerprint density at radius 2 is 1.83 bits per heavy atom. The Morgan fingerprint density at radius 1 is 1.00 bits per heavy atom. The minimum Gasteiger partial charge on any atom is -0.352 e. The van der Waals surface area contributed by atoms with Crippen LogP contribution in [0.25, 0.3) is 10.2 Å². The van der Waals surface area contributed by atoms with Crippen molar-refractivity contribution in [2.24, 2.45) is 0 Å². The molecule has 5 rings (SSSR count). The van der Waals surface area contributed by atoms with Gasteiger partial charge in [-0.15, -0.1) is 11.3 Å². The van der Waals surface area contributed by atoms with Gasteiger partial charge in [-0.25, -0.2) is 9.97 Å². The van der Waals surface area contributed by atoms with E-state index in [0.29, 0.717) is 31.6 Å². The van der Waals surface area contributed by atoms with E-state index in [1.807, 2.05) is 34.5 Å². The van der Waals surface area contributed by atoms with E-state index >= 15 is 0 Å². The van der Waals surface area contributed by atoms with Crippen LogP contribution in [0, 0.1) is 0 Å². The lowest BCUT2D eigenvalue weighted by Crippen LogP contribution is -2.49. The van der Waals surface area contributed by atoms with Gasteiger partial charge in [0, 0.05) is 39.1 Å². The highest BCUT2D eigenvalue weighted by Crippen LogP contribution is 2.29. The van der Waals surface area contributed by atoms with Crippen molar-refractivity contribution < 1.29 is 9.59 Å². The van der Waals surface area contributed by atoms with Crippen molar-refractivity contribution in [3.63, 3.8) is 0 Å². The SMILES string of the molecule is O=C(c1ccccc1N1CCCC1=O)N1CCN(c2ncnc3sccc23)CC1. The summed E-state index contributed by atoms with van der Waals surface area (Å²) in [6.45, 7) is 3.37. The molecule has 2 amide bonds. The van der Waals surface area contributed by atoms with E-state index in [-0.39, 0.29) is 11.8 Å². The molecule has 29 heavy (non-hydrogen) atoms. The second-order valence-electron chi connectivity index (χ2n) is 7.28. The zero-order chi connectivity index (χ0) is 19.8. The fraction of sp³-hybridized carbons (Fsp3) is 0.333. The van der Waals surface area contributed by atoms with Gasteiger partial charge in [0.15, 0.2) is 0 Å². The lowest BCUT2D eigenvalue weighted by molar-refractivity contribution is -0.117. The van der Waals surface area contributed by atoms with Crippen molar-refractivity contribution in [3.8, 4) is 0 Å². The van der Waals surface area contributed by atoms with E-state index in [2.05, 4.69) is 20.9 Å². The molecule has 3 aromatic rings. The molecule has 0 N–H and O–H groups in total. The number of hydrogen-bond donors (Lipinski definition) is 0. The maximum absolute atomic E-state index is 13.2. The van der Waals surface area contributed by atoms with Crippen LogP contribution in [0.5, 0.6) is 0 Å². The molecule has 0 aliphatic carbocycles. The molecule has 0 spiro atoms. The molecule has 0 saturated carbocycles.